The first kappa shape index (κ1) is 14.1. The van der Waals surface area contributed by atoms with Crippen LogP contribution in [0.2, 0.25) is 0 Å². The molecule has 0 aliphatic carbocycles. The lowest BCUT2D eigenvalue weighted by molar-refractivity contribution is -0.133. The summed E-state index contributed by atoms with van der Waals surface area (Å²) in [6.45, 7) is 2.57. The summed E-state index contributed by atoms with van der Waals surface area (Å²) in [5, 5.41) is 3.24. The Hall–Kier alpha value is -1.88. The number of carbonyl (C=O) groups is 1. The fourth-order valence-electron chi connectivity index (χ4n) is 2.90. The van der Waals surface area contributed by atoms with Gasteiger partial charge in [-0.05, 0) is 31.5 Å². The summed E-state index contributed by atoms with van der Waals surface area (Å²) in [5.74, 6) is 1.44. The molecule has 0 unspecified atom stereocenters. The van der Waals surface area contributed by atoms with Gasteiger partial charge in [-0.3, -0.25) is 4.79 Å². The van der Waals surface area contributed by atoms with Crippen LogP contribution in [0.5, 0.6) is 0 Å². The van der Waals surface area contributed by atoms with E-state index in [0.29, 0.717) is 0 Å². The van der Waals surface area contributed by atoms with Gasteiger partial charge in [-0.1, -0.05) is 12.1 Å². The molecule has 112 valence electrons. The number of aromatic amines is 1. The number of aromatic nitrogens is 2. The third kappa shape index (κ3) is 3.24. The van der Waals surface area contributed by atoms with Gasteiger partial charge in [0.05, 0.1) is 17.0 Å². The summed E-state index contributed by atoms with van der Waals surface area (Å²) in [6, 6.07) is 8.05. The van der Waals surface area contributed by atoms with Gasteiger partial charge in [0.1, 0.15) is 5.82 Å². The van der Waals surface area contributed by atoms with Crippen molar-refractivity contribution in [1.29, 1.82) is 0 Å². The van der Waals surface area contributed by atoms with Gasteiger partial charge in [-0.15, -0.1) is 0 Å². The molecule has 1 aliphatic rings. The minimum atomic E-state index is 0.168. The van der Waals surface area contributed by atoms with Crippen LogP contribution in [0.1, 0.15) is 18.7 Å². The zero-order valence-corrected chi connectivity index (χ0v) is 12.4. The highest BCUT2D eigenvalue weighted by molar-refractivity contribution is 5.79. The van der Waals surface area contributed by atoms with Crippen molar-refractivity contribution >= 4 is 16.9 Å². The molecule has 1 atom stereocenters. The van der Waals surface area contributed by atoms with Crippen LogP contribution in [0.15, 0.2) is 24.3 Å². The number of hydrogen-bond acceptors (Lipinski definition) is 3. The average molecular weight is 286 g/mol. The molecule has 1 fully saturated rings. The Morgan fingerprint density at radius 2 is 2.29 bits per heavy atom. The summed E-state index contributed by atoms with van der Waals surface area (Å²) in [5.41, 5.74) is 2.09. The second-order valence-corrected chi connectivity index (χ2v) is 5.75. The Bertz CT molecular complexity index is 583. The van der Waals surface area contributed by atoms with Gasteiger partial charge in [0.25, 0.3) is 0 Å². The highest BCUT2D eigenvalue weighted by Crippen LogP contribution is 2.13. The van der Waals surface area contributed by atoms with Crippen molar-refractivity contribution in [3.8, 4) is 0 Å². The van der Waals surface area contributed by atoms with Gasteiger partial charge >= 0.3 is 0 Å². The molecule has 1 amide bonds. The zero-order valence-electron chi connectivity index (χ0n) is 12.4. The highest BCUT2D eigenvalue weighted by atomic mass is 16.2. The number of benzene rings is 1. The molecule has 0 spiro atoms. The van der Waals surface area contributed by atoms with Crippen molar-refractivity contribution in [2.75, 3.05) is 26.7 Å². The smallest absolute Gasteiger partial charge is 0.226 e. The molecule has 2 heterocycles. The van der Waals surface area contributed by atoms with Crippen LogP contribution in [0.4, 0.5) is 0 Å². The lowest BCUT2D eigenvalue weighted by atomic mass is 10.1. The molecule has 0 saturated carbocycles. The predicted molar refractivity (Wildman–Crippen MR) is 83.0 cm³/mol. The number of carbonyl (C=O) groups excluding carboxylic acids is 1. The molecule has 2 N–H and O–H groups in total. The molecular weight excluding hydrogens is 264 g/mol. The van der Waals surface area contributed by atoms with Crippen molar-refractivity contribution in [2.45, 2.75) is 19.3 Å². The third-order valence-corrected chi connectivity index (χ3v) is 4.13. The maximum Gasteiger partial charge on any atom is 0.226 e. The molecule has 5 nitrogen and oxygen atoms in total. The fourth-order valence-corrected chi connectivity index (χ4v) is 2.90. The van der Waals surface area contributed by atoms with Crippen LogP contribution in [-0.2, 0) is 11.2 Å². The van der Waals surface area contributed by atoms with Gasteiger partial charge in [0, 0.05) is 26.6 Å². The number of aryl methyl sites for hydroxylation is 1. The summed E-state index contributed by atoms with van der Waals surface area (Å²) < 4.78 is 0. The standard InChI is InChI=1S/C16H22N4O/c1-20(16(21)12-8-9-17-11-12)10-4-7-15-18-13-5-2-3-6-14(13)19-15/h2-3,5-6,12,17H,4,7-11H2,1H3,(H,18,19)/t12-/m1/s1. The van der Waals surface area contributed by atoms with Crippen LogP contribution in [0, 0.1) is 5.92 Å². The number of fused-ring (bicyclic) bond motifs is 1. The Morgan fingerprint density at radius 1 is 1.43 bits per heavy atom. The molecule has 1 saturated heterocycles. The Morgan fingerprint density at radius 3 is 3.05 bits per heavy atom. The van der Waals surface area contributed by atoms with Gasteiger partial charge < -0.3 is 15.2 Å². The van der Waals surface area contributed by atoms with E-state index in [1.165, 1.54) is 0 Å². The minimum Gasteiger partial charge on any atom is -0.345 e. The Labute approximate surface area is 124 Å². The molecule has 0 radical (unpaired) electrons. The number of hydrogen-bond donors (Lipinski definition) is 2. The van der Waals surface area contributed by atoms with E-state index in [1.807, 2.05) is 36.2 Å². The summed E-state index contributed by atoms with van der Waals surface area (Å²) in [4.78, 5) is 21.9. The van der Waals surface area contributed by atoms with Crippen LogP contribution in [0.25, 0.3) is 11.0 Å². The van der Waals surface area contributed by atoms with Crippen LogP contribution < -0.4 is 5.32 Å². The quantitative estimate of drug-likeness (QED) is 0.877. The molecular formula is C16H22N4O. The second kappa shape index (κ2) is 6.26. The first-order chi connectivity index (χ1) is 10.2. The zero-order chi connectivity index (χ0) is 14.7. The van der Waals surface area contributed by atoms with Gasteiger partial charge in [0.15, 0.2) is 0 Å². The first-order valence-electron chi connectivity index (χ1n) is 7.63. The second-order valence-electron chi connectivity index (χ2n) is 5.75. The largest absolute Gasteiger partial charge is 0.345 e. The molecule has 1 aromatic heterocycles. The molecule has 21 heavy (non-hydrogen) atoms. The number of nitrogens with one attached hydrogen (secondary N) is 2. The van der Waals surface area contributed by atoms with E-state index in [4.69, 9.17) is 0 Å². The maximum absolute atomic E-state index is 12.2. The monoisotopic (exact) mass is 286 g/mol. The lowest BCUT2D eigenvalue weighted by Crippen LogP contribution is -2.34. The number of nitrogens with zero attached hydrogens (tertiary/aromatic N) is 2. The average Bonchev–Trinajstić information content (AvgIpc) is 3.15. The van der Waals surface area contributed by atoms with E-state index >= 15 is 0 Å². The first-order valence-corrected chi connectivity index (χ1v) is 7.63. The van der Waals surface area contributed by atoms with Crippen molar-refractivity contribution < 1.29 is 4.79 Å². The molecule has 2 aromatic rings. The summed E-state index contributed by atoms with van der Waals surface area (Å²) in [7, 11) is 1.90. The summed E-state index contributed by atoms with van der Waals surface area (Å²) >= 11 is 0. The minimum absolute atomic E-state index is 0.168. The SMILES string of the molecule is CN(CCCc1nc2ccccc2[nH]1)C(=O)[C@@H]1CCNC1. The molecule has 0 bridgehead atoms. The topological polar surface area (TPSA) is 61.0 Å². The number of rotatable bonds is 5. The van der Waals surface area contributed by atoms with Crippen LogP contribution in [0.3, 0.4) is 0 Å². The van der Waals surface area contributed by atoms with E-state index in [1.54, 1.807) is 0 Å². The van der Waals surface area contributed by atoms with E-state index in [2.05, 4.69) is 15.3 Å². The molecule has 1 aliphatic heterocycles. The van der Waals surface area contributed by atoms with Gasteiger partial charge in [0.2, 0.25) is 5.91 Å². The van der Waals surface area contributed by atoms with E-state index < -0.39 is 0 Å². The Balaban J connectivity index is 1.49. The van der Waals surface area contributed by atoms with Crippen LogP contribution >= 0.6 is 0 Å². The normalized spacial score (nSPS) is 18.2. The van der Waals surface area contributed by atoms with Crippen molar-refractivity contribution in [1.82, 2.24) is 20.2 Å². The summed E-state index contributed by atoms with van der Waals surface area (Å²) in [6.07, 6.45) is 2.77. The molecule has 5 heteroatoms. The number of amides is 1. The number of H-pyrrole nitrogens is 1. The van der Waals surface area contributed by atoms with Crippen LogP contribution in [-0.4, -0.2) is 47.5 Å². The highest BCUT2D eigenvalue weighted by Gasteiger charge is 2.24. The number of para-hydroxylation sites is 2. The van der Waals surface area contributed by atoms with E-state index in [0.717, 1.165) is 55.8 Å². The lowest BCUT2D eigenvalue weighted by Gasteiger charge is -2.20. The maximum atomic E-state index is 12.2. The molecule has 1 aromatic carbocycles. The van der Waals surface area contributed by atoms with Crippen molar-refractivity contribution in [2.24, 2.45) is 5.92 Å². The van der Waals surface area contributed by atoms with Crippen molar-refractivity contribution in [3.63, 3.8) is 0 Å². The fraction of sp³-hybridized carbons (Fsp3) is 0.500. The van der Waals surface area contributed by atoms with Crippen molar-refractivity contribution in [3.05, 3.63) is 30.1 Å². The van der Waals surface area contributed by atoms with E-state index in [9.17, 15) is 4.79 Å². The predicted octanol–water partition coefficient (Wildman–Crippen LogP) is 1.56. The molecule has 3 rings (SSSR count). The number of imidazole rings is 1. The Kier molecular flexibility index (Phi) is 4.20. The van der Waals surface area contributed by atoms with Gasteiger partial charge in [-0.25, -0.2) is 4.98 Å². The van der Waals surface area contributed by atoms with E-state index in [-0.39, 0.29) is 11.8 Å². The van der Waals surface area contributed by atoms with Gasteiger partial charge in [-0.2, -0.15) is 0 Å². The third-order valence-electron chi connectivity index (χ3n) is 4.13.